The number of benzene rings is 1. The Balaban J connectivity index is 1.75. The summed E-state index contributed by atoms with van der Waals surface area (Å²) in [7, 11) is 0. The zero-order valence-electron chi connectivity index (χ0n) is 16.6. The van der Waals surface area contributed by atoms with Crippen LogP contribution < -0.4 is 16.6 Å². The van der Waals surface area contributed by atoms with Crippen molar-refractivity contribution in [1.29, 1.82) is 0 Å². The van der Waals surface area contributed by atoms with Gasteiger partial charge in [0.05, 0.1) is 17.8 Å². The molecule has 8 nitrogen and oxygen atoms in total. The van der Waals surface area contributed by atoms with Crippen LogP contribution in [0.3, 0.4) is 0 Å². The lowest BCUT2D eigenvalue weighted by Gasteiger charge is -2.14. The Morgan fingerprint density at radius 1 is 1.03 bits per heavy atom. The monoisotopic (exact) mass is 479 g/mol. The van der Waals surface area contributed by atoms with E-state index in [0.717, 1.165) is 14.6 Å². The van der Waals surface area contributed by atoms with E-state index in [9.17, 15) is 14.4 Å². The quantitative estimate of drug-likeness (QED) is 0.474. The van der Waals surface area contributed by atoms with Gasteiger partial charge in [-0.05, 0) is 55.0 Å². The predicted octanol–water partition coefficient (Wildman–Crippen LogP) is 2.71. The molecular weight excluding hydrogens is 462 g/mol. The maximum atomic E-state index is 13.2. The highest BCUT2D eigenvalue weighted by Crippen LogP contribution is 2.20. The molecule has 31 heavy (non-hydrogen) atoms. The molecule has 0 aliphatic heterocycles. The number of nitrogens with one attached hydrogen (secondary N) is 1. The summed E-state index contributed by atoms with van der Waals surface area (Å²) in [6.45, 7) is 1.59. The van der Waals surface area contributed by atoms with Gasteiger partial charge in [-0.25, -0.2) is 9.78 Å². The highest BCUT2D eigenvalue weighted by molar-refractivity contribution is 9.10. The van der Waals surface area contributed by atoms with Crippen molar-refractivity contribution in [2.75, 3.05) is 5.32 Å². The number of rotatable bonds is 5. The number of anilines is 1. The van der Waals surface area contributed by atoms with Gasteiger partial charge in [0.25, 0.3) is 5.56 Å². The second kappa shape index (κ2) is 8.65. The molecule has 0 bridgehead atoms. The summed E-state index contributed by atoms with van der Waals surface area (Å²) in [6.07, 6.45) is 3.07. The number of halogens is 1. The third-order valence-electron chi connectivity index (χ3n) is 4.80. The third kappa shape index (κ3) is 4.31. The fourth-order valence-electron chi connectivity index (χ4n) is 3.29. The van der Waals surface area contributed by atoms with Gasteiger partial charge < -0.3 is 5.32 Å². The number of carbonyl (C=O) groups is 1. The fourth-order valence-corrected chi connectivity index (χ4v) is 3.76. The molecule has 9 heteroatoms. The summed E-state index contributed by atoms with van der Waals surface area (Å²) in [4.78, 5) is 47.2. The Morgan fingerprint density at radius 3 is 2.58 bits per heavy atom. The molecule has 0 saturated carbocycles. The molecule has 4 aromatic rings. The van der Waals surface area contributed by atoms with Gasteiger partial charge in [-0.1, -0.05) is 22.0 Å². The van der Waals surface area contributed by atoms with Crippen molar-refractivity contribution in [3.05, 3.63) is 97.5 Å². The van der Waals surface area contributed by atoms with Crippen LogP contribution in [0.2, 0.25) is 0 Å². The van der Waals surface area contributed by atoms with Crippen LogP contribution in [0, 0.1) is 6.92 Å². The maximum absolute atomic E-state index is 13.2. The lowest BCUT2D eigenvalue weighted by molar-refractivity contribution is -0.116. The number of hydrogen-bond donors (Lipinski definition) is 1. The normalized spacial score (nSPS) is 10.9. The van der Waals surface area contributed by atoms with Gasteiger partial charge >= 0.3 is 5.69 Å². The summed E-state index contributed by atoms with van der Waals surface area (Å²) >= 11 is 3.39. The molecule has 3 heterocycles. The van der Waals surface area contributed by atoms with Crippen LogP contribution in [0.5, 0.6) is 0 Å². The van der Waals surface area contributed by atoms with Crippen molar-refractivity contribution in [2.24, 2.45) is 0 Å². The molecule has 4 rings (SSSR count). The first-order valence-electron chi connectivity index (χ1n) is 9.48. The number of fused-ring (bicyclic) bond motifs is 1. The molecule has 0 atom stereocenters. The largest absolute Gasteiger partial charge is 0.332 e. The van der Waals surface area contributed by atoms with Crippen LogP contribution in [0.1, 0.15) is 11.3 Å². The maximum Gasteiger partial charge on any atom is 0.332 e. The van der Waals surface area contributed by atoms with Crippen LogP contribution in [0.4, 0.5) is 5.69 Å². The number of carbonyl (C=O) groups excluding carboxylic acids is 1. The fraction of sp³-hybridized carbons (Fsp3) is 0.136. The van der Waals surface area contributed by atoms with E-state index in [0.29, 0.717) is 16.9 Å². The zero-order chi connectivity index (χ0) is 22.0. The van der Waals surface area contributed by atoms with Crippen LogP contribution >= 0.6 is 15.9 Å². The first kappa shape index (κ1) is 20.7. The standard InChI is InChI=1S/C22H18BrN5O3/c1-14-11-15(23)7-8-17(14)26-19(29)13-27-18-6-4-10-25-20(18)21(30)28(22(27)31)12-16-5-2-3-9-24-16/h2-11H,12-13H2,1H3,(H,26,29). The molecule has 0 saturated heterocycles. The highest BCUT2D eigenvalue weighted by Gasteiger charge is 2.17. The Kier molecular flexibility index (Phi) is 5.77. The van der Waals surface area contributed by atoms with Crippen molar-refractivity contribution >= 4 is 38.6 Å². The number of hydrogen-bond acceptors (Lipinski definition) is 5. The molecular formula is C22H18BrN5O3. The average Bonchev–Trinajstić information content (AvgIpc) is 2.77. The molecule has 1 amide bonds. The van der Waals surface area contributed by atoms with Gasteiger partial charge in [-0.3, -0.25) is 23.7 Å². The van der Waals surface area contributed by atoms with Crippen molar-refractivity contribution in [2.45, 2.75) is 20.0 Å². The van der Waals surface area contributed by atoms with Crippen molar-refractivity contribution in [3.63, 3.8) is 0 Å². The minimum Gasteiger partial charge on any atom is -0.324 e. The molecule has 0 aliphatic carbocycles. The highest BCUT2D eigenvalue weighted by atomic mass is 79.9. The van der Waals surface area contributed by atoms with Crippen LogP contribution in [0.15, 0.2) is 75.0 Å². The Morgan fingerprint density at radius 2 is 1.84 bits per heavy atom. The van der Waals surface area contributed by atoms with Crippen molar-refractivity contribution < 1.29 is 4.79 Å². The molecule has 156 valence electrons. The summed E-state index contributed by atoms with van der Waals surface area (Å²) in [6, 6.07) is 14.0. The van der Waals surface area contributed by atoms with Crippen LogP contribution in [-0.2, 0) is 17.9 Å². The Bertz CT molecular complexity index is 1400. The number of nitrogens with zero attached hydrogens (tertiary/aromatic N) is 4. The van der Waals surface area contributed by atoms with Crippen LogP contribution in [0.25, 0.3) is 11.0 Å². The molecule has 3 aromatic heterocycles. The second-order valence-corrected chi connectivity index (χ2v) is 7.88. The molecule has 0 radical (unpaired) electrons. The van der Waals surface area contributed by atoms with E-state index in [1.54, 1.807) is 42.6 Å². The van der Waals surface area contributed by atoms with Crippen molar-refractivity contribution in [3.8, 4) is 0 Å². The van der Waals surface area contributed by atoms with Gasteiger partial charge in [0.2, 0.25) is 5.91 Å². The molecule has 1 N–H and O–H groups in total. The lowest BCUT2D eigenvalue weighted by atomic mass is 10.2. The molecule has 0 fully saturated rings. The van der Waals surface area contributed by atoms with E-state index in [2.05, 4.69) is 31.2 Å². The van der Waals surface area contributed by atoms with Gasteiger partial charge in [0.15, 0.2) is 5.52 Å². The first-order valence-corrected chi connectivity index (χ1v) is 10.3. The number of amides is 1. The molecule has 0 unspecified atom stereocenters. The van der Waals surface area contributed by atoms with E-state index in [1.807, 2.05) is 19.1 Å². The number of aryl methyl sites for hydroxylation is 1. The third-order valence-corrected chi connectivity index (χ3v) is 5.29. The summed E-state index contributed by atoms with van der Waals surface area (Å²) in [5, 5.41) is 2.82. The topological polar surface area (TPSA) is 98.9 Å². The number of pyridine rings is 2. The SMILES string of the molecule is Cc1cc(Br)ccc1NC(=O)Cn1c(=O)n(Cc2ccccn2)c(=O)c2ncccc21. The van der Waals surface area contributed by atoms with E-state index in [4.69, 9.17) is 0 Å². The molecule has 0 aliphatic rings. The Labute approximate surface area is 185 Å². The summed E-state index contributed by atoms with van der Waals surface area (Å²) in [5.74, 6) is -0.388. The van der Waals surface area contributed by atoms with Crippen LogP contribution in [-0.4, -0.2) is 25.0 Å². The smallest absolute Gasteiger partial charge is 0.324 e. The first-order chi connectivity index (χ1) is 14.9. The summed E-state index contributed by atoms with van der Waals surface area (Å²) in [5.41, 5.74) is 1.37. The van der Waals surface area contributed by atoms with Gasteiger partial charge in [0.1, 0.15) is 6.54 Å². The van der Waals surface area contributed by atoms with E-state index in [1.165, 1.54) is 10.8 Å². The average molecular weight is 480 g/mol. The second-order valence-electron chi connectivity index (χ2n) is 6.96. The molecule has 1 aromatic carbocycles. The van der Waals surface area contributed by atoms with Gasteiger partial charge in [-0.15, -0.1) is 0 Å². The minimum atomic E-state index is -0.598. The summed E-state index contributed by atoms with van der Waals surface area (Å²) < 4.78 is 3.21. The Hall–Kier alpha value is -3.59. The van der Waals surface area contributed by atoms with Crippen molar-refractivity contribution in [1.82, 2.24) is 19.1 Å². The predicted molar refractivity (Wildman–Crippen MR) is 121 cm³/mol. The van der Waals surface area contributed by atoms with E-state index in [-0.39, 0.29) is 24.5 Å². The molecule has 0 spiro atoms. The number of aromatic nitrogens is 4. The zero-order valence-corrected chi connectivity index (χ0v) is 18.2. The van der Waals surface area contributed by atoms with Gasteiger partial charge in [0, 0.05) is 22.6 Å². The van der Waals surface area contributed by atoms with E-state index < -0.39 is 11.2 Å². The lowest BCUT2D eigenvalue weighted by Crippen LogP contribution is -2.42. The van der Waals surface area contributed by atoms with E-state index >= 15 is 0 Å². The van der Waals surface area contributed by atoms with Gasteiger partial charge in [-0.2, -0.15) is 0 Å². The minimum absolute atomic E-state index is 0.0154.